The number of ether oxygens (including phenoxy) is 1. The Morgan fingerprint density at radius 2 is 2.39 bits per heavy atom. The maximum atomic E-state index is 12.4. The quantitative estimate of drug-likeness (QED) is 0.848. The second kappa shape index (κ2) is 4.61. The molecular weight excluding hydrogens is 228 g/mol. The average molecular weight is 246 g/mol. The molecule has 0 bridgehead atoms. The minimum atomic E-state index is 0.141. The van der Waals surface area contributed by atoms with Crippen LogP contribution < -0.4 is 10.1 Å². The highest BCUT2D eigenvalue weighted by atomic mass is 16.5. The summed E-state index contributed by atoms with van der Waals surface area (Å²) in [5.74, 6) is 1.07. The first-order valence-electron chi connectivity index (χ1n) is 6.50. The van der Waals surface area contributed by atoms with Gasteiger partial charge < -0.3 is 15.0 Å². The molecule has 0 saturated carbocycles. The Morgan fingerprint density at radius 1 is 1.50 bits per heavy atom. The minimum Gasteiger partial charge on any atom is -0.493 e. The third-order valence-electron chi connectivity index (χ3n) is 3.82. The highest BCUT2D eigenvalue weighted by molar-refractivity contribution is 5.94. The molecule has 1 amide bonds. The maximum Gasteiger partial charge on any atom is 0.253 e. The van der Waals surface area contributed by atoms with Crippen LogP contribution in [0.1, 0.15) is 22.3 Å². The lowest BCUT2D eigenvalue weighted by atomic mass is 10.1. The molecule has 1 aromatic carbocycles. The number of benzene rings is 1. The summed E-state index contributed by atoms with van der Waals surface area (Å²) >= 11 is 0. The fraction of sp³-hybridized carbons (Fsp3) is 0.500. The number of carbonyl (C=O) groups excluding carboxylic acids is 1. The van der Waals surface area contributed by atoms with Crippen LogP contribution in [0.4, 0.5) is 0 Å². The third kappa shape index (κ3) is 1.97. The van der Waals surface area contributed by atoms with Crippen molar-refractivity contribution in [3.05, 3.63) is 29.3 Å². The van der Waals surface area contributed by atoms with Crippen molar-refractivity contribution in [2.75, 3.05) is 26.7 Å². The van der Waals surface area contributed by atoms with Gasteiger partial charge in [-0.1, -0.05) is 0 Å². The van der Waals surface area contributed by atoms with Crippen molar-refractivity contribution in [3.8, 4) is 5.75 Å². The summed E-state index contributed by atoms with van der Waals surface area (Å²) in [7, 11) is 1.95. The molecule has 1 unspecified atom stereocenters. The lowest BCUT2D eigenvalue weighted by Gasteiger charge is -2.16. The molecule has 0 aromatic heterocycles. The van der Waals surface area contributed by atoms with Crippen LogP contribution in [0.2, 0.25) is 0 Å². The molecule has 96 valence electrons. The zero-order valence-corrected chi connectivity index (χ0v) is 10.6. The first kappa shape index (κ1) is 11.5. The first-order valence-corrected chi connectivity index (χ1v) is 6.50. The van der Waals surface area contributed by atoms with Crippen LogP contribution in [0, 0.1) is 0 Å². The van der Waals surface area contributed by atoms with E-state index in [1.165, 1.54) is 0 Å². The van der Waals surface area contributed by atoms with E-state index in [2.05, 4.69) is 5.32 Å². The van der Waals surface area contributed by atoms with Crippen molar-refractivity contribution >= 4 is 5.91 Å². The zero-order chi connectivity index (χ0) is 12.5. The molecule has 0 radical (unpaired) electrons. The van der Waals surface area contributed by atoms with Crippen LogP contribution in [-0.2, 0) is 6.42 Å². The fourth-order valence-corrected chi connectivity index (χ4v) is 2.68. The molecule has 4 nitrogen and oxygen atoms in total. The van der Waals surface area contributed by atoms with Crippen LogP contribution in [0.3, 0.4) is 0 Å². The lowest BCUT2D eigenvalue weighted by molar-refractivity contribution is 0.0789. The summed E-state index contributed by atoms with van der Waals surface area (Å²) in [6.07, 6.45) is 1.95. The van der Waals surface area contributed by atoms with Gasteiger partial charge in [-0.25, -0.2) is 0 Å². The topological polar surface area (TPSA) is 41.6 Å². The minimum absolute atomic E-state index is 0.141. The summed E-state index contributed by atoms with van der Waals surface area (Å²) in [5.41, 5.74) is 1.95. The third-order valence-corrected chi connectivity index (χ3v) is 3.82. The number of hydrogen-bond acceptors (Lipinski definition) is 3. The van der Waals surface area contributed by atoms with E-state index < -0.39 is 0 Å². The number of amides is 1. The van der Waals surface area contributed by atoms with Gasteiger partial charge in [0.2, 0.25) is 0 Å². The lowest BCUT2D eigenvalue weighted by Crippen LogP contribution is -2.33. The van der Waals surface area contributed by atoms with Crippen molar-refractivity contribution in [3.63, 3.8) is 0 Å². The number of nitrogens with one attached hydrogen (secondary N) is 1. The fourth-order valence-electron chi connectivity index (χ4n) is 2.68. The van der Waals surface area contributed by atoms with Gasteiger partial charge in [0.25, 0.3) is 5.91 Å². The van der Waals surface area contributed by atoms with Gasteiger partial charge in [-0.2, -0.15) is 0 Å². The summed E-state index contributed by atoms with van der Waals surface area (Å²) in [6.45, 7) is 2.39. The zero-order valence-electron chi connectivity index (χ0n) is 10.6. The van der Waals surface area contributed by atoms with Crippen molar-refractivity contribution in [2.45, 2.75) is 18.9 Å². The Morgan fingerprint density at radius 3 is 3.17 bits per heavy atom. The van der Waals surface area contributed by atoms with Crippen molar-refractivity contribution < 1.29 is 9.53 Å². The van der Waals surface area contributed by atoms with Crippen molar-refractivity contribution in [1.82, 2.24) is 10.2 Å². The average Bonchev–Trinajstić information content (AvgIpc) is 3.05. The molecule has 2 aliphatic rings. The molecule has 1 saturated heterocycles. The molecule has 1 atom stereocenters. The van der Waals surface area contributed by atoms with E-state index in [-0.39, 0.29) is 5.91 Å². The number of nitrogens with zero attached hydrogens (tertiary/aromatic N) is 1. The molecule has 0 spiro atoms. The molecular formula is C14H18N2O2. The Labute approximate surface area is 107 Å². The van der Waals surface area contributed by atoms with Crippen LogP contribution in [0.25, 0.3) is 0 Å². The Kier molecular flexibility index (Phi) is 2.96. The number of carbonyl (C=O) groups is 1. The number of likely N-dealkylation sites (tertiary alicyclic amines) is 1. The highest BCUT2D eigenvalue weighted by Gasteiger charge is 2.26. The standard InChI is InChI=1S/C14H18N2O2/c1-15-12-4-6-16(9-12)14(17)11-2-3-13-10(8-11)5-7-18-13/h2-3,8,12,15H,4-7,9H2,1H3. The normalized spacial score (nSPS) is 21.8. The van der Waals surface area contributed by atoms with E-state index in [1.54, 1.807) is 0 Å². The van der Waals surface area contributed by atoms with Crippen molar-refractivity contribution in [2.24, 2.45) is 0 Å². The molecule has 1 N–H and O–H groups in total. The van der Waals surface area contributed by atoms with Gasteiger partial charge in [0.05, 0.1) is 6.61 Å². The van der Waals surface area contributed by atoms with E-state index in [0.717, 1.165) is 49.4 Å². The Hall–Kier alpha value is -1.55. The van der Waals surface area contributed by atoms with E-state index in [1.807, 2.05) is 30.1 Å². The Balaban J connectivity index is 1.77. The van der Waals surface area contributed by atoms with Gasteiger partial charge in [0.15, 0.2) is 0 Å². The second-order valence-corrected chi connectivity index (χ2v) is 4.95. The molecule has 2 heterocycles. The SMILES string of the molecule is CNC1CCN(C(=O)c2ccc3c(c2)CCO3)C1. The summed E-state index contributed by atoms with van der Waals surface area (Å²) in [4.78, 5) is 14.3. The first-order chi connectivity index (χ1) is 8.78. The molecule has 0 aliphatic carbocycles. The van der Waals surface area contributed by atoms with Crippen LogP contribution >= 0.6 is 0 Å². The molecule has 2 aliphatic heterocycles. The van der Waals surface area contributed by atoms with Gasteiger partial charge in [-0.3, -0.25) is 4.79 Å². The summed E-state index contributed by atoms with van der Waals surface area (Å²) < 4.78 is 5.46. The van der Waals surface area contributed by atoms with Crippen LogP contribution in [0.15, 0.2) is 18.2 Å². The molecule has 4 heteroatoms. The highest BCUT2D eigenvalue weighted by Crippen LogP contribution is 2.26. The monoisotopic (exact) mass is 246 g/mol. The molecule has 1 aromatic rings. The summed E-state index contributed by atoms with van der Waals surface area (Å²) in [5, 5.41) is 3.23. The number of fused-ring (bicyclic) bond motifs is 1. The van der Waals surface area contributed by atoms with Crippen molar-refractivity contribution in [1.29, 1.82) is 0 Å². The largest absolute Gasteiger partial charge is 0.493 e. The van der Waals surface area contributed by atoms with Gasteiger partial charge in [0, 0.05) is 31.1 Å². The number of likely N-dealkylation sites (N-methyl/N-ethyl adjacent to an activating group) is 1. The number of rotatable bonds is 2. The van der Waals surface area contributed by atoms with Crippen LogP contribution in [0.5, 0.6) is 5.75 Å². The Bertz CT molecular complexity index is 473. The van der Waals surface area contributed by atoms with E-state index >= 15 is 0 Å². The predicted octanol–water partition coefficient (Wildman–Crippen LogP) is 1.06. The molecule has 18 heavy (non-hydrogen) atoms. The van der Waals surface area contributed by atoms with Gasteiger partial charge in [0.1, 0.15) is 5.75 Å². The van der Waals surface area contributed by atoms with E-state index in [9.17, 15) is 4.79 Å². The summed E-state index contributed by atoms with van der Waals surface area (Å²) in [6, 6.07) is 6.21. The molecule has 1 fully saturated rings. The smallest absolute Gasteiger partial charge is 0.253 e. The van der Waals surface area contributed by atoms with Gasteiger partial charge in [-0.05, 0) is 37.2 Å². The van der Waals surface area contributed by atoms with Gasteiger partial charge in [-0.15, -0.1) is 0 Å². The predicted molar refractivity (Wildman–Crippen MR) is 69.0 cm³/mol. The van der Waals surface area contributed by atoms with Gasteiger partial charge >= 0.3 is 0 Å². The second-order valence-electron chi connectivity index (χ2n) is 4.95. The van der Waals surface area contributed by atoms with Crippen LogP contribution in [-0.4, -0.2) is 43.6 Å². The molecule has 3 rings (SSSR count). The number of hydrogen-bond donors (Lipinski definition) is 1. The van der Waals surface area contributed by atoms with E-state index in [4.69, 9.17) is 4.74 Å². The van der Waals surface area contributed by atoms with E-state index in [0.29, 0.717) is 6.04 Å². The maximum absolute atomic E-state index is 12.4.